The van der Waals surface area contributed by atoms with Crippen molar-refractivity contribution in [2.24, 2.45) is 0 Å². The zero-order chi connectivity index (χ0) is 30.7. The summed E-state index contributed by atoms with van der Waals surface area (Å²) >= 11 is 1.34. The highest BCUT2D eigenvalue weighted by molar-refractivity contribution is 8.00. The van der Waals surface area contributed by atoms with E-state index in [4.69, 9.17) is 4.74 Å². The third kappa shape index (κ3) is 7.93. The van der Waals surface area contributed by atoms with Crippen LogP contribution in [0.25, 0.3) is 16.8 Å². The van der Waals surface area contributed by atoms with Gasteiger partial charge >= 0.3 is 0 Å². The number of anilines is 2. The predicted octanol–water partition coefficient (Wildman–Crippen LogP) is 7.38. The summed E-state index contributed by atoms with van der Waals surface area (Å²) in [5.41, 5.74) is 2.47. The van der Waals surface area contributed by atoms with Gasteiger partial charge in [-0.15, -0.1) is 11.8 Å². The number of thioether (sulfide) groups is 1. The highest BCUT2D eigenvalue weighted by Gasteiger charge is 2.16. The molecule has 0 aliphatic carbocycles. The van der Waals surface area contributed by atoms with Gasteiger partial charge in [0.15, 0.2) is 0 Å². The normalized spacial score (nSPS) is 11.1. The number of carbonyl (C=O) groups is 3. The lowest BCUT2D eigenvalue weighted by Crippen LogP contribution is -2.30. The van der Waals surface area contributed by atoms with Crippen LogP contribution >= 0.6 is 11.8 Å². The molecule has 0 saturated carbocycles. The number of fused-ring (bicyclic) bond motifs is 1. The summed E-state index contributed by atoms with van der Waals surface area (Å²) in [5.74, 6) is -0.273. The molecule has 0 aliphatic heterocycles. The Morgan fingerprint density at radius 3 is 2.34 bits per heavy atom. The average Bonchev–Trinajstić information content (AvgIpc) is 3.05. The molecule has 0 aliphatic rings. The number of rotatable bonds is 11. The van der Waals surface area contributed by atoms with Gasteiger partial charge in [-0.3, -0.25) is 14.4 Å². The van der Waals surface area contributed by atoms with Crippen LogP contribution in [0.1, 0.15) is 22.8 Å². The first-order valence-corrected chi connectivity index (χ1v) is 15.1. The van der Waals surface area contributed by atoms with E-state index in [2.05, 4.69) is 16.0 Å². The van der Waals surface area contributed by atoms with Gasteiger partial charge in [0.1, 0.15) is 11.4 Å². The number of ether oxygens (including phenoxy) is 1. The largest absolute Gasteiger partial charge is 0.492 e. The summed E-state index contributed by atoms with van der Waals surface area (Å²) in [6.07, 6.45) is 1.68. The fourth-order valence-electron chi connectivity index (χ4n) is 4.52. The Hall–Kier alpha value is -5.34. The second-order valence-corrected chi connectivity index (χ2v) is 10.7. The molecule has 0 unspecified atom stereocenters. The molecule has 3 N–H and O–H groups in total. The smallest absolute Gasteiger partial charge is 0.272 e. The van der Waals surface area contributed by atoms with Crippen LogP contribution in [0.15, 0.2) is 132 Å². The zero-order valence-corrected chi connectivity index (χ0v) is 24.9. The van der Waals surface area contributed by atoms with Crippen LogP contribution < -0.4 is 20.7 Å². The fraction of sp³-hybridized carbons (Fsp3) is 0.0833. The Morgan fingerprint density at radius 1 is 0.773 bits per heavy atom. The van der Waals surface area contributed by atoms with Crippen LogP contribution in [0.4, 0.5) is 11.4 Å². The Balaban J connectivity index is 1.32. The van der Waals surface area contributed by atoms with Crippen molar-refractivity contribution in [1.82, 2.24) is 5.32 Å². The summed E-state index contributed by atoms with van der Waals surface area (Å²) in [5, 5.41) is 10.6. The molecule has 220 valence electrons. The Kier molecular flexibility index (Phi) is 10.1. The topological polar surface area (TPSA) is 96.5 Å². The molecule has 0 fully saturated rings. The zero-order valence-electron chi connectivity index (χ0n) is 24.1. The van der Waals surface area contributed by atoms with Gasteiger partial charge < -0.3 is 20.7 Å². The summed E-state index contributed by atoms with van der Waals surface area (Å²) in [7, 11) is 0. The fourth-order valence-corrected chi connectivity index (χ4v) is 5.28. The lowest BCUT2D eigenvalue weighted by atomic mass is 10.0. The van der Waals surface area contributed by atoms with Gasteiger partial charge in [0, 0.05) is 16.1 Å². The standard InChI is InChI=1S/C36H31N3O4S/c1-2-43-33-21-9-8-20-31(33)38-34(40)24-44-29-18-11-17-28(23-29)37-36(42)32(39-35(41)26-13-4-3-5-14-26)22-27-16-10-15-25-12-6-7-19-30(25)27/h3-23H,2,24H2,1H3,(H,37,42)(H,38,40)(H,39,41)/b32-22+. The second kappa shape index (κ2) is 14.7. The van der Waals surface area contributed by atoms with E-state index in [0.717, 1.165) is 21.2 Å². The van der Waals surface area contributed by atoms with Crippen molar-refractivity contribution in [3.8, 4) is 5.75 Å². The molecule has 0 aromatic heterocycles. The highest BCUT2D eigenvalue weighted by atomic mass is 32.2. The SMILES string of the molecule is CCOc1ccccc1NC(=O)CSc1cccc(NC(=O)/C(=C\c2cccc3ccccc23)NC(=O)c2ccccc2)c1. The number of benzene rings is 5. The van der Waals surface area contributed by atoms with E-state index in [0.29, 0.717) is 29.3 Å². The predicted molar refractivity (Wildman–Crippen MR) is 178 cm³/mol. The van der Waals surface area contributed by atoms with E-state index in [1.165, 1.54) is 11.8 Å². The Labute approximate surface area is 260 Å². The molecule has 0 spiro atoms. The van der Waals surface area contributed by atoms with Gasteiger partial charge in [0.05, 0.1) is 18.0 Å². The first-order valence-electron chi connectivity index (χ1n) is 14.1. The molecule has 5 aromatic carbocycles. The molecule has 3 amide bonds. The number of amides is 3. The molecule has 5 aromatic rings. The molecule has 7 nitrogen and oxygen atoms in total. The van der Waals surface area contributed by atoms with Crippen molar-refractivity contribution in [3.63, 3.8) is 0 Å². The van der Waals surface area contributed by atoms with Gasteiger partial charge in [-0.2, -0.15) is 0 Å². The van der Waals surface area contributed by atoms with Crippen LogP contribution in [0.2, 0.25) is 0 Å². The van der Waals surface area contributed by atoms with Crippen LogP contribution in [-0.2, 0) is 9.59 Å². The van der Waals surface area contributed by atoms with Gasteiger partial charge in [-0.25, -0.2) is 0 Å². The van der Waals surface area contributed by atoms with E-state index in [1.54, 1.807) is 54.6 Å². The van der Waals surface area contributed by atoms with Gasteiger partial charge in [0.25, 0.3) is 11.8 Å². The Bertz CT molecular complexity index is 1820. The lowest BCUT2D eigenvalue weighted by Gasteiger charge is -2.13. The van der Waals surface area contributed by atoms with E-state index in [-0.39, 0.29) is 17.4 Å². The maximum Gasteiger partial charge on any atom is 0.272 e. The van der Waals surface area contributed by atoms with Crippen molar-refractivity contribution >= 4 is 57.7 Å². The molecule has 0 bridgehead atoms. The van der Waals surface area contributed by atoms with Crippen LogP contribution in [0.5, 0.6) is 5.75 Å². The van der Waals surface area contributed by atoms with Crippen LogP contribution in [-0.4, -0.2) is 30.1 Å². The quantitative estimate of drug-likeness (QED) is 0.108. The molecule has 0 atom stereocenters. The van der Waals surface area contributed by atoms with Gasteiger partial charge in [0.2, 0.25) is 5.91 Å². The molecule has 44 heavy (non-hydrogen) atoms. The summed E-state index contributed by atoms with van der Waals surface area (Å²) in [4.78, 5) is 40.2. The lowest BCUT2D eigenvalue weighted by molar-refractivity contribution is -0.114. The molecule has 5 rings (SSSR count). The van der Waals surface area contributed by atoms with Crippen molar-refractivity contribution < 1.29 is 19.1 Å². The molecule has 0 saturated heterocycles. The van der Waals surface area contributed by atoms with Gasteiger partial charge in [-0.1, -0.05) is 78.9 Å². The monoisotopic (exact) mass is 601 g/mol. The number of hydrogen-bond acceptors (Lipinski definition) is 5. The summed E-state index contributed by atoms with van der Waals surface area (Å²) in [6.45, 7) is 2.38. The summed E-state index contributed by atoms with van der Waals surface area (Å²) in [6, 6.07) is 36.9. The van der Waals surface area contributed by atoms with Crippen molar-refractivity contribution in [3.05, 3.63) is 138 Å². The minimum Gasteiger partial charge on any atom is -0.492 e. The first-order chi connectivity index (χ1) is 21.5. The Morgan fingerprint density at radius 2 is 1.50 bits per heavy atom. The van der Waals surface area contributed by atoms with Gasteiger partial charge in [-0.05, 0) is 71.8 Å². The average molecular weight is 602 g/mol. The maximum absolute atomic E-state index is 13.6. The molecule has 8 heteroatoms. The minimum absolute atomic E-state index is 0.0978. The summed E-state index contributed by atoms with van der Waals surface area (Å²) < 4.78 is 5.59. The number of hydrogen-bond donors (Lipinski definition) is 3. The van der Waals surface area contributed by atoms with Crippen molar-refractivity contribution in [2.75, 3.05) is 23.0 Å². The molecular formula is C36H31N3O4S. The molecule has 0 radical (unpaired) electrons. The number of nitrogens with one attached hydrogen (secondary N) is 3. The third-order valence-electron chi connectivity index (χ3n) is 6.57. The number of carbonyl (C=O) groups excluding carboxylic acids is 3. The first kappa shape index (κ1) is 30.1. The van der Waals surface area contributed by atoms with E-state index in [9.17, 15) is 14.4 Å². The number of para-hydroxylation sites is 2. The minimum atomic E-state index is -0.477. The van der Waals surface area contributed by atoms with Crippen molar-refractivity contribution in [1.29, 1.82) is 0 Å². The van der Waals surface area contributed by atoms with E-state index < -0.39 is 11.8 Å². The molecule has 0 heterocycles. The maximum atomic E-state index is 13.6. The second-order valence-electron chi connectivity index (χ2n) is 9.69. The van der Waals surface area contributed by atoms with E-state index in [1.807, 2.05) is 79.7 Å². The van der Waals surface area contributed by atoms with Crippen LogP contribution in [0, 0.1) is 0 Å². The van der Waals surface area contributed by atoms with Crippen LogP contribution in [0.3, 0.4) is 0 Å². The van der Waals surface area contributed by atoms with Crippen molar-refractivity contribution in [2.45, 2.75) is 11.8 Å². The third-order valence-corrected chi connectivity index (χ3v) is 7.57. The van der Waals surface area contributed by atoms with E-state index >= 15 is 0 Å². The highest BCUT2D eigenvalue weighted by Crippen LogP contribution is 2.26. The molecular weight excluding hydrogens is 570 g/mol.